The number of fused-ring (bicyclic) bond motifs is 1. The number of nitrogens with zero attached hydrogens (tertiary/aromatic N) is 1. The summed E-state index contributed by atoms with van der Waals surface area (Å²) >= 11 is 0. The van der Waals surface area contributed by atoms with Gasteiger partial charge in [-0.2, -0.15) is 13.2 Å². The molecule has 2 aromatic rings. The topological polar surface area (TPSA) is 188 Å². The summed E-state index contributed by atoms with van der Waals surface area (Å²) in [5.41, 5.74) is -2.78. The van der Waals surface area contributed by atoms with Gasteiger partial charge in [0, 0.05) is 36.3 Å². The number of hydrogen-bond donors (Lipinski definition) is 5. The van der Waals surface area contributed by atoms with Gasteiger partial charge in [-0.3, -0.25) is 19.2 Å². The minimum absolute atomic E-state index is 0.0132. The van der Waals surface area contributed by atoms with Gasteiger partial charge in [-0.25, -0.2) is 9.59 Å². The van der Waals surface area contributed by atoms with Crippen LogP contribution in [0.3, 0.4) is 0 Å². The van der Waals surface area contributed by atoms with Crippen molar-refractivity contribution in [3.8, 4) is 0 Å². The Morgan fingerprint density at radius 3 is 1.88 bits per heavy atom. The van der Waals surface area contributed by atoms with Gasteiger partial charge in [-0.15, -0.1) is 0 Å². The first kappa shape index (κ1) is 40.8. The van der Waals surface area contributed by atoms with E-state index in [2.05, 4.69) is 26.6 Å². The van der Waals surface area contributed by atoms with Crippen molar-refractivity contribution >= 4 is 46.3 Å². The van der Waals surface area contributed by atoms with Gasteiger partial charge >= 0.3 is 17.8 Å². The molecular weight excluding hydrogens is 677 g/mol. The molecule has 17 heteroatoms. The highest BCUT2D eigenvalue weighted by molar-refractivity contribution is 6.00. The standard InChI is InChI=1S/C34H47F3N6O8/c1-8-19(6)28(41-30(46)26(17(2)3)40-31(47)27(18(4)5)42-33(49)43-11-13-50-14-12-43)32(48)38-20(7)29(45)39-21-9-10-22-23(34(35,36)37)16-25(44)51-24(22)15-21/h9-10,15-20,26-28H,8,11-14H2,1-7H3,(H,38,48)(H,39,45)(H,40,47)(H,41,46)(H,42,49)/t19-,20-,26-,27-,28-/m0/s1. The predicted octanol–water partition coefficient (Wildman–Crippen LogP) is 2.99. The van der Waals surface area contributed by atoms with Crippen molar-refractivity contribution in [1.29, 1.82) is 0 Å². The second-order valence-corrected chi connectivity index (χ2v) is 13.3. The molecular formula is C34H47F3N6O8. The molecule has 0 unspecified atom stereocenters. The van der Waals surface area contributed by atoms with E-state index in [1.165, 1.54) is 13.0 Å². The molecule has 2 heterocycles. The summed E-state index contributed by atoms with van der Waals surface area (Å²) in [7, 11) is 0. The Kier molecular flexibility index (Phi) is 14.0. The van der Waals surface area contributed by atoms with Crippen LogP contribution in [0.4, 0.5) is 23.7 Å². The number of hydrogen-bond acceptors (Lipinski definition) is 8. The summed E-state index contributed by atoms with van der Waals surface area (Å²) < 4.78 is 50.4. The third kappa shape index (κ3) is 10.9. The van der Waals surface area contributed by atoms with Crippen LogP contribution in [0.15, 0.2) is 33.5 Å². The van der Waals surface area contributed by atoms with Gasteiger partial charge < -0.3 is 40.6 Å². The van der Waals surface area contributed by atoms with E-state index in [9.17, 15) is 41.9 Å². The van der Waals surface area contributed by atoms with E-state index in [1.807, 2.05) is 6.92 Å². The van der Waals surface area contributed by atoms with Crippen molar-refractivity contribution in [1.82, 2.24) is 26.2 Å². The number of alkyl halides is 3. The smallest absolute Gasteiger partial charge is 0.417 e. The van der Waals surface area contributed by atoms with Gasteiger partial charge in [-0.1, -0.05) is 48.0 Å². The van der Waals surface area contributed by atoms with Gasteiger partial charge in [0.2, 0.25) is 23.6 Å². The fourth-order valence-corrected chi connectivity index (χ4v) is 5.34. The number of urea groups is 1. The minimum Gasteiger partial charge on any atom is -0.423 e. The third-order valence-electron chi connectivity index (χ3n) is 8.64. The van der Waals surface area contributed by atoms with Gasteiger partial charge in [0.1, 0.15) is 29.8 Å². The molecule has 0 saturated carbocycles. The fourth-order valence-electron chi connectivity index (χ4n) is 5.34. The fraction of sp³-hybridized carbons (Fsp3) is 0.588. The van der Waals surface area contributed by atoms with E-state index in [4.69, 9.17) is 9.15 Å². The lowest BCUT2D eigenvalue weighted by Crippen LogP contribution is -2.61. The average molecular weight is 725 g/mol. The van der Waals surface area contributed by atoms with Crippen LogP contribution in [0, 0.1) is 17.8 Å². The lowest BCUT2D eigenvalue weighted by molar-refractivity contribution is -0.136. The Bertz CT molecular complexity index is 1640. The molecule has 282 valence electrons. The number of halogens is 3. The molecule has 1 aromatic heterocycles. The number of morpholine rings is 1. The number of benzene rings is 1. The van der Waals surface area contributed by atoms with Crippen LogP contribution in [0.2, 0.25) is 0 Å². The molecule has 51 heavy (non-hydrogen) atoms. The first-order valence-electron chi connectivity index (χ1n) is 16.8. The monoisotopic (exact) mass is 724 g/mol. The van der Waals surface area contributed by atoms with Gasteiger partial charge in [-0.05, 0) is 36.8 Å². The minimum atomic E-state index is -4.81. The van der Waals surface area contributed by atoms with Crippen molar-refractivity contribution in [2.24, 2.45) is 17.8 Å². The molecule has 1 fully saturated rings. The van der Waals surface area contributed by atoms with Crippen LogP contribution >= 0.6 is 0 Å². The summed E-state index contributed by atoms with van der Waals surface area (Å²) in [5, 5.41) is 12.8. The van der Waals surface area contributed by atoms with Crippen molar-refractivity contribution in [2.45, 2.75) is 85.2 Å². The lowest BCUT2D eigenvalue weighted by atomic mass is 9.95. The zero-order valence-corrected chi connectivity index (χ0v) is 29.7. The first-order chi connectivity index (χ1) is 23.8. The first-order valence-corrected chi connectivity index (χ1v) is 16.8. The molecule has 0 aliphatic carbocycles. The number of ether oxygens (including phenoxy) is 1. The summed E-state index contributed by atoms with van der Waals surface area (Å²) in [4.78, 5) is 79.6. The van der Waals surface area contributed by atoms with E-state index in [-0.39, 0.29) is 17.0 Å². The van der Waals surface area contributed by atoms with E-state index < -0.39 is 88.6 Å². The molecule has 1 aliphatic heterocycles. The molecule has 1 aliphatic rings. The second kappa shape index (κ2) is 17.5. The molecule has 0 spiro atoms. The Morgan fingerprint density at radius 1 is 0.784 bits per heavy atom. The summed E-state index contributed by atoms with van der Waals surface area (Å²) in [6.45, 7) is 13.4. The average Bonchev–Trinajstić information content (AvgIpc) is 3.06. The van der Waals surface area contributed by atoms with Crippen LogP contribution in [-0.4, -0.2) is 85.0 Å². The van der Waals surface area contributed by atoms with Gasteiger partial charge in [0.05, 0.1) is 18.8 Å². The largest absolute Gasteiger partial charge is 0.423 e. The maximum atomic E-state index is 13.6. The number of carbonyl (C=O) groups excluding carboxylic acids is 5. The summed E-state index contributed by atoms with van der Waals surface area (Å²) in [6, 6.07) is -1.08. The van der Waals surface area contributed by atoms with E-state index in [0.717, 1.165) is 12.1 Å². The van der Waals surface area contributed by atoms with E-state index in [0.29, 0.717) is 38.8 Å². The Labute approximate surface area is 293 Å². The van der Waals surface area contributed by atoms with Crippen molar-refractivity contribution in [3.63, 3.8) is 0 Å². The van der Waals surface area contributed by atoms with Crippen molar-refractivity contribution in [2.75, 3.05) is 31.6 Å². The van der Waals surface area contributed by atoms with Crippen molar-refractivity contribution in [3.05, 3.63) is 40.2 Å². The third-order valence-corrected chi connectivity index (χ3v) is 8.64. The second-order valence-electron chi connectivity index (χ2n) is 13.3. The quantitative estimate of drug-likeness (QED) is 0.195. The van der Waals surface area contributed by atoms with Crippen LogP contribution in [0.5, 0.6) is 0 Å². The zero-order chi connectivity index (χ0) is 38.2. The molecule has 3 rings (SSSR count). The number of carbonyl (C=O) groups is 5. The summed E-state index contributed by atoms with van der Waals surface area (Å²) in [6.07, 6.45) is -4.35. The Hall–Kier alpha value is -4.67. The molecule has 1 saturated heterocycles. The number of rotatable bonds is 13. The molecule has 5 atom stereocenters. The summed E-state index contributed by atoms with van der Waals surface area (Å²) in [5.74, 6) is -3.78. The lowest BCUT2D eigenvalue weighted by Gasteiger charge is -2.32. The highest BCUT2D eigenvalue weighted by Crippen LogP contribution is 2.34. The highest BCUT2D eigenvalue weighted by atomic mass is 19.4. The maximum absolute atomic E-state index is 13.6. The molecule has 0 radical (unpaired) electrons. The SMILES string of the molecule is CC[C@H](C)[C@H](NC(=O)[C@@H](NC(=O)[C@@H](NC(=O)N1CCOCC1)C(C)C)C(C)C)C(=O)N[C@@H](C)C(=O)Nc1ccc2c(C(F)(F)F)cc(=O)oc2c1. The zero-order valence-electron chi connectivity index (χ0n) is 29.7. The number of nitrogens with one attached hydrogen (secondary N) is 5. The van der Waals surface area contributed by atoms with Gasteiger partial charge in [0.15, 0.2) is 0 Å². The normalized spacial score (nSPS) is 16.5. The Balaban J connectivity index is 1.69. The molecule has 14 nitrogen and oxygen atoms in total. The van der Waals surface area contributed by atoms with Crippen LogP contribution in [0.1, 0.15) is 60.5 Å². The molecule has 1 aromatic carbocycles. The highest BCUT2D eigenvalue weighted by Gasteiger charge is 2.36. The van der Waals surface area contributed by atoms with Crippen LogP contribution in [0.25, 0.3) is 11.0 Å². The maximum Gasteiger partial charge on any atom is 0.417 e. The molecule has 5 N–H and O–H groups in total. The number of anilines is 1. The van der Waals surface area contributed by atoms with Gasteiger partial charge in [0.25, 0.3) is 0 Å². The molecule has 0 bridgehead atoms. The number of amides is 6. The predicted molar refractivity (Wildman–Crippen MR) is 181 cm³/mol. The Morgan fingerprint density at radius 2 is 1.33 bits per heavy atom. The van der Waals surface area contributed by atoms with E-state index >= 15 is 0 Å². The van der Waals surface area contributed by atoms with Crippen LogP contribution < -0.4 is 32.2 Å². The van der Waals surface area contributed by atoms with Crippen LogP contribution in [-0.2, 0) is 30.1 Å². The molecule has 6 amide bonds. The van der Waals surface area contributed by atoms with Crippen molar-refractivity contribution < 1.29 is 46.3 Å². The van der Waals surface area contributed by atoms with E-state index in [1.54, 1.807) is 39.5 Å².